The van der Waals surface area contributed by atoms with Gasteiger partial charge in [0, 0.05) is 12.6 Å². The maximum Gasteiger partial charge on any atom is 0.250 e. The number of aliphatic hydroxyl groups excluding tert-OH is 3. The van der Waals surface area contributed by atoms with Crippen LogP contribution in [0.4, 0.5) is 0 Å². The van der Waals surface area contributed by atoms with Crippen molar-refractivity contribution in [1.82, 2.24) is 16.0 Å². The Balaban J connectivity index is 1.77. The Morgan fingerprint density at radius 2 is 1.88 bits per heavy atom. The molecular formula is C25H49N7O9. The number of ether oxygens (including phenoxy) is 4. The Labute approximate surface area is 240 Å². The molecule has 2 aliphatic heterocycles. The first-order chi connectivity index (χ1) is 19.4. The molecule has 0 aromatic carbocycles. The third-order valence-electron chi connectivity index (χ3n) is 7.69. The summed E-state index contributed by atoms with van der Waals surface area (Å²) in [5, 5.41) is 51.7. The van der Waals surface area contributed by atoms with E-state index in [2.05, 4.69) is 16.0 Å². The third-order valence-corrected chi connectivity index (χ3v) is 7.69. The molecule has 0 radical (unpaired) electrons. The van der Waals surface area contributed by atoms with Gasteiger partial charge < -0.3 is 78.3 Å². The number of hydrogen-bond acceptors (Lipinski definition) is 15. The van der Waals surface area contributed by atoms with Gasteiger partial charge in [-0.15, -0.1) is 0 Å². The van der Waals surface area contributed by atoms with Crippen LogP contribution in [-0.2, 0) is 23.7 Å². The third kappa shape index (κ3) is 8.54. The van der Waals surface area contributed by atoms with Crippen molar-refractivity contribution in [2.75, 3.05) is 39.8 Å². The largest absolute Gasteiger partial charge is 0.467 e. The van der Waals surface area contributed by atoms with Crippen LogP contribution in [0.15, 0.2) is 11.8 Å². The van der Waals surface area contributed by atoms with Crippen LogP contribution in [0.3, 0.4) is 0 Å². The van der Waals surface area contributed by atoms with E-state index < -0.39 is 78.8 Å². The summed E-state index contributed by atoms with van der Waals surface area (Å²) in [4.78, 5) is 12.5. The van der Waals surface area contributed by atoms with E-state index in [-0.39, 0.29) is 19.6 Å². The summed E-state index contributed by atoms with van der Waals surface area (Å²) >= 11 is 0. The standard InChI is InChI=1S/C25H49N7O9/c1-25(37)11-38-24(18(35)21(25)30-2)41-20-15(32-22(36)16(33)9-27)8-14(29)19(17(20)34)40-23-13(28)5-4-12(39-23)10-31-7-3-6-26/h4,13-21,23-24,30-31,33-35,37H,3,5-11,26-29H2,1-2H3,(H,32,36)/t13-,14+,15-,16-,17+,18-,19-,20+,21-,23-,24-,25+/m1/s1. The molecule has 3 aliphatic rings. The first-order valence-electron chi connectivity index (χ1n) is 14.1. The topological polar surface area (TPSA) is 275 Å². The molecule has 0 bridgehead atoms. The summed E-state index contributed by atoms with van der Waals surface area (Å²) in [7, 11) is 1.57. The maximum atomic E-state index is 12.5. The fraction of sp³-hybridized carbons (Fsp3) is 0.880. The van der Waals surface area contributed by atoms with Crippen molar-refractivity contribution in [3.8, 4) is 0 Å². The molecule has 2 heterocycles. The highest BCUT2D eigenvalue weighted by atomic mass is 16.7. The molecule has 2 fully saturated rings. The lowest BCUT2D eigenvalue weighted by Crippen LogP contribution is -2.69. The average molecular weight is 592 g/mol. The number of nitrogens with one attached hydrogen (secondary N) is 3. The van der Waals surface area contributed by atoms with Crippen molar-refractivity contribution in [2.24, 2.45) is 22.9 Å². The lowest BCUT2D eigenvalue weighted by molar-refractivity contribution is -0.304. The molecule has 1 saturated carbocycles. The second-order valence-corrected chi connectivity index (χ2v) is 11.1. The smallest absolute Gasteiger partial charge is 0.250 e. The molecule has 0 unspecified atom stereocenters. The summed E-state index contributed by atoms with van der Waals surface area (Å²) in [6.45, 7) is 2.74. The fourth-order valence-electron chi connectivity index (χ4n) is 5.34. The first kappa shape index (κ1) is 34.0. The summed E-state index contributed by atoms with van der Waals surface area (Å²) in [6.07, 6.45) is -5.53. The normalized spacial score (nSPS) is 40.4. The monoisotopic (exact) mass is 591 g/mol. The summed E-state index contributed by atoms with van der Waals surface area (Å²) in [5.41, 5.74) is 22.2. The van der Waals surface area contributed by atoms with Gasteiger partial charge in [-0.25, -0.2) is 0 Å². The number of amides is 1. The van der Waals surface area contributed by atoms with E-state index >= 15 is 0 Å². The lowest BCUT2D eigenvalue weighted by atomic mass is 9.83. The van der Waals surface area contributed by atoms with Crippen LogP contribution in [-0.4, -0.2) is 139 Å². The van der Waals surface area contributed by atoms with Gasteiger partial charge in [-0.3, -0.25) is 4.79 Å². The minimum absolute atomic E-state index is 0.0662. The second kappa shape index (κ2) is 15.3. The number of aliphatic hydroxyl groups is 4. The SMILES string of the molecule is CN[C@@H]1[C@@H](O)[C@@H](O[C@@H]2[C@@H](O)[C@H](O[C@H]3OC(CNCCCN)=CC[C@H]3N)[C@@H](N)C[C@H]2NC(=O)[C@H](O)CN)OC[C@]1(C)O. The molecule has 0 aromatic rings. The average Bonchev–Trinajstić information content (AvgIpc) is 2.93. The number of likely N-dealkylation sites (N-methyl/N-ethyl adjacent to an activating group) is 1. The molecular weight excluding hydrogens is 542 g/mol. The van der Waals surface area contributed by atoms with Gasteiger partial charge in [0.2, 0.25) is 12.2 Å². The van der Waals surface area contributed by atoms with Gasteiger partial charge in [0.25, 0.3) is 0 Å². The molecule has 1 aliphatic carbocycles. The van der Waals surface area contributed by atoms with E-state index in [4.69, 9.17) is 41.9 Å². The highest BCUT2D eigenvalue weighted by molar-refractivity contribution is 5.81. The first-order valence-corrected chi connectivity index (χ1v) is 14.1. The number of rotatable bonds is 13. The summed E-state index contributed by atoms with van der Waals surface area (Å²) < 4.78 is 23.8. The lowest BCUT2D eigenvalue weighted by Gasteiger charge is -2.48. The Morgan fingerprint density at radius 3 is 2.54 bits per heavy atom. The van der Waals surface area contributed by atoms with Crippen LogP contribution < -0.4 is 38.9 Å². The zero-order valence-corrected chi connectivity index (χ0v) is 23.7. The number of hydrogen-bond donors (Lipinski definition) is 11. The van der Waals surface area contributed by atoms with E-state index in [1.165, 1.54) is 6.92 Å². The zero-order chi connectivity index (χ0) is 30.3. The van der Waals surface area contributed by atoms with E-state index in [1.54, 1.807) is 7.05 Å². The molecule has 0 spiro atoms. The quantitative estimate of drug-likeness (QED) is 0.0892. The van der Waals surface area contributed by atoms with Crippen LogP contribution >= 0.6 is 0 Å². The molecule has 12 atom stereocenters. The van der Waals surface area contributed by atoms with Gasteiger partial charge in [-0.05, 0) is 52.4 Å². The van der Waals surface area contributed by atoms with Gasteiger partial charge >= 0.3 is 0 Å². The Bertz CT molecular complexity index is 869. The van der Waals surface area contributed by atoms with Crippen molar-refractivity contribution in [3.63, 3.8) is 0 Å². The minimum Gasteiger partial charge on any atom is -0.467 e. The highest BCUT2D eigenvalue weighted by Crippen LogP contribution is 2.32. The molecule has 16 heteroatoms. The molecule has 16 nitrogen and oxygen atoms in total. The van der Waals surface area contributed by atoms with Crippen LogP contribution in [0.2, 0.25) is 0 Å². The van der Waals surface area contributed by atoms with Gasteiger partial charge in [-0.1, -0.05) is 0 Å². The van der Waals surface area contributed by atoms with Crippen LogP contribution in [0, 0.1) is 0 Å². The zero-order valence-electron chi connectivity index (χ0n) is 23.7. The Kier molecular flexibility index (Phi) is 12.7. The van der Waals surface area contributed by atoms with Gasteiger partial charge in [0.15, 0.2) is 6.29 Å². The number of nitrogens with two attached hydrogens (primary N) is 4. The molecule has 3 rings (SSSR count). The van der Waals surface area contributed by atoms with Crippen molar-refractivity contribution < 1.29 is 44.2 Å². The Hall–Kier alpha value is -1.51. The fourth-order valence-corrected chi connectivity index (χ4v) is 5.34. The molecule has 0 aromatic heterocycles. The van der Waals surface area contributed by atoms with Crippen LogP contribution in [0.5, 0.6) is 0 Å². The second-order valence-electron chi connectivity index (χ2n) is 11.1. The molecule has 15 N–H and O–H groups in total. The number of carbonyl (C=O) groups is 1. The van der Waals surface area contributed by atoms with Crippen LogP contribution in [0.25, 0.3) is 0 Å². The molecule has 41 heavy (non-hydrogen) atoms. The van der Waals surface area contributed by atoms with E-state index in [0.717, 1.165) is 6.42 Å². The summed E-state index contributed by atoms with van der Waals surface area (Å²) in [5.74, 6) is -0.147. The Morgan fingerprint density at radius 1 is 1.17 bits per heavy atom. The van der Waals surface area contributed by atoms with E-state index in [9.17, 15) is 25.2 Å². The van der Waals surface area contributed by atoms with Crippen molar-refractivity contribution in [1.29, 1.82) is 0 Å². The predicted molar refractivity (Wildman–Crippen MR) is 147 cm³/mol. The summed E-state index contributed by atoms with van der Waals surface area (Å²) in [6, 6.07) is -3.08. The van der Waals surface area contributed by atoms with Crippen molar-refractivity contribution in [2.45, 2.75) is 99.1 Å². The van der Waals surface area contributed by atoms with E-state index in [1.807, 2.05) is 6.08 Å². The molecule has 238 valence electrons. The minimum atomic E-state index is -1.49. The van der Waals surface area contributed by atoms with Gasteiger partial charge in [0.05, 0.1) is 31.3 Å². The van der Waals surface area contributed by atoms with Gasteiger partial charge in [0.1, 0.15) is 41.9 Å². The number of carbonyl (C=O) groups excluding carboxylic acids is 1. The highest BCUT2D eigenvalue weighted by Gasteiger charge is 2.51. The van der Waals surface area contributed by atoms with Gasteiger partial charge in [-0.2, -0.15) is 0 Å². The van der Waals surface area contributed by atoms with Crippen LogP contribution in [0.1, 0.15) is 26.2 Å². The molecule has 1 saturated heterocycles. The maximum absolute atomic E-state index is 12.5. The predicted octanol–water partition coefficient (Wildman–Crippen LogP) is -5.39. The van der Waals surface area contributed by atoms with Crippen molar-refractivity contribution >= 4 is 5.91 Å². The van der Waals surface area contributed by atoms with E-state index in [0.29, 0.717) is 31.8 Å². The molecule has 1 amide bonds. The van der Waals surface area contributed by atoms with Crippen molar-refractivity contribution in [3.05, 3.63) is 11.8 Å².